The summed E-state index contributed by atoms with van der Waals surface area (Å²) in [6.45, 7) is 3.02. The van der Waals surface area contributed by atoms with E-state index in [9.17, 15) is 9.18 Å². The number of amides is 1. The van der Waals surface area contributed by atoms with Crippen molar-refractivity contribution < 1.29 is 18.4 Å². The van der Waals surface area contributed by atoms with Crippen molar-refractivity contribution in [1.82, 2.24) is 15.0 Å². The molecule has 6 nitrogen and oxygen atoms in total. The number of rotatable bonds is 4. The molecule has 0 saturated carbocycles. The quantitative estimate of drug-likeness (QED) is 0.847. The Morgan fingerprint density at radius 1 is 1.36 bits per heavy atom. The number of halogens is 1. The van der Waals surface area contributed by atoms with Crippen LogP contribution in [0.25, 0.3) is 0 Å². The number of hydrogen-bond donors (Lipinski definition) is 0. The number of ether oxygens (including phenoxy) is 1. The molecule has 7 heteroatoms. The Morgan fingerprint density at radius 2 is 2.20 bits per heavy atom. The van der Waals surface area contributed by atoms with Crippen LogP contribution in [0.1, 0.15) is 23.7 Å². The number of likely N-dealkylation sites (tertiary alicyclic amines) is 1. The average Bonchev–Trinajstić information content (AvgIpc) is 3.24. The van der Waals surface area contributed by atoms with Crippen LogP contribution in [0.2, 0.25) is 0 Å². The van der Waals surface area contributed by atoms with E-state index >= 15 is 0 Å². The minimum absolute atomic E-state index is 0.0404. The molecular formula is C18H20FN3O3. The summed E-state index contributed by atoms with van der Waals surface area (Å²) in [7, 11) is 0. The van der Waals surface area contributed by atoms with Gasteiger partial charge in [-0.05, 0) is 25.0 Å². The zero-order valence-electron chi connectivity index (χ0n) is 14.0. The van der Waals surface area contributed by atoms with E-state index in [4.69, 9.17) is 9.26 Å². The van der Waals surface area contributed by atoms with E-state index in [1.165, 1.54) is 6.07 Å². The highest BCUT2D eigenvalue weighted by Gasteiger charge is 2.43. The highest BCUT2D eigenvalue weighted by atomic mass is 19.1. The standard InChI is InChI=1S/C18H20FN3O3/c1-11-20-17(25-21-11)8-14-6-13-9-22(10-16(13)24-14)18(23)7-12-4-2-3-5-15(12)19/h2-5,13-14,16H,6-10H2,1H3/t13-,14+,16+/m0/s1. The van der Waals surface area contributed by atoms with E-state index in [1.807, 2.05) is 0 Å². The molecule has 0 radical (unpaired) electrons. The second kappa shape index (κ2) is 6.55. The lowest BCUT2D eigenvalue weighted by molar-refractivity contribution is -0.130. The zero-order valence-corrected chi connectivity index (χ0v) is 14.0. The molecule has 0 unspecified atom stereocenters. The summed E-state index contributed by atoms with van der Waals surface area (Å²) in [6, 6.07) is 6.41. The molecule has 0 aliphatic carbocycles. The first kappa shape index (κ1) is 16.2. The van der Waals surface area contributed by atoms with Crippen molar-refractivity contribution in [3.05, 3.63) is 47.4 Å². The summed E-state index contributed by atoms with van der Waals surface area (Å²) in [5.74, 6) is 1.15. The van der Waals surface area contributed by atoms with Crippen LogP contribution in [-0.2, 0) is 22.4 Å². The van der Waals surface area contributed by atoms with E-state index in [0.29, 0.717) is 42.7 Å². The molecule has 3 atom stereocenters. The van der Waals surface area contributed by atoms with Gasteiger partial charge in [-0.2, -0.15) is 4.98 Å². The first-order chi connectivity index (χ1) is 12.1. The van der Waals surface area contributed by atoms with Crippen LogP contribution in [0.4, 0.5) is 4.39 Å². The fraction of sp³-hybridized carbons (Fsp3) is 0.500. The lowest BCUT2D eigenvalue weighted by atomic mass is 10.0. The third-order valence-corrected chi connectivity index (χ3v) is 4.94. The third-order valence-electron chi connectivity index (χ3n) is 4.94. The molecular weight excluding hydrogens is 325 g/mol. The molecule has 0 spiro atoms. The van der Waals surface area contributed by atoms with Gasteiger partial charge in [0.2, 0.25) is 11.8 Å². The normalized spacial score (nSPS) is 25.4. The average molecular weight is 345 g/mol. The summed E-state index contributed by atoms with van der Waals surface area (Å²) < 4.78 is 24.9. The molecule has 1 aromatic heterocycles. The molecule has 2 saturated heterocycles. The Morgan fingerprint density at radius 3 is 2.92 bits per heavy atom. The predicted molar refractivity (Wildman–Crippen MR) is 86.2 cm³/mol. The van der Waals surface area contributed by atoms with Crippen LogP contribution >= 0.6 is 0 Å². The highest BCUT2D eigenvalue weighted by molar-refractivity contribution is 5.79. The first-order valence-electron chi connectivity index (χ1n) is 8.54. The van der Waals surface area contributed by atoms with Crippen LogP contribution < -0.4 is 0 Å². The summed E-state index contributed by atoms with van der Waals surface area (Å²) in [5.41, 5.74) is 0.440. The highest BCUT2D eigenvalue weighted by Crippen LogP contribution is 2.34. The number of aromatic nitrogens is 2. The van der Waals surface area contributed by atoms with Gasteiger partial charge in [0.1, 0.15) is 5.82 Å². The van der Waals surface area contributed by atoms with E-state index in [1.54, 1.807) is 30.0 Å². The molecule has 2 aliphatic heterocycles. The number of hydrogen-bond acceptors (Lipinski definition) is 5. The maximum absolute atomic E-state index is 13.7. The van der Waals surface area contributed by atoms with Gasteiger partial charge >= 0.3 is 0 Å². The second-order valence-corrected chi connectivity index (χ2v) is 6.80. The van der Waals surface area contributed by atoms with Gasteiger partial charge in [-0.1, -0.05) is 23.4 Å². The Bertz CT molecular complexity index is 764. The Hall–Kier alpha value is -2.28. The van der Waals surface area contributed by atoms with Crippen molar-refractivity contribution in [3.63, 3.8) is 0 Å². The van der Waals surface area contributed by atoms with Gasteiger partial charge in [-0.25, -0.2) is 4.39 Å². The number of carbonyl (C=O) groups is 1. The van der Waals surface area contributed by atoms with Crippen molar-refractivity contribution in [1.29, 1.82) is 0 Å². The van der Waals surface area contributed by atoms with E-state index in [2.05, 4.69) is 10.1 Å². The molecule has 1 amide bonds. The summed E-state index contributed by atoms with van der Waals surface area (Å²) >= 11 is 0. The number of benzene rings is 1. The largest absolute Gasteiger partial charge is 0.372 e. The Labute approximate surface area is 145 Å². The fourth-order valence-electron chi connectivity index (χ4n) is 3.73. The lowest BCUT2D eigenvalue weighted by Gasteiger charge is -2.19. The Balaban J connectivity index is 1.31. The molecule has 2 aromatic rings. The van der Waals surface area contributed by atoms with E-state index in [0.717, 1.165) is 6.42 Å². The zero-order chi connectivity index (χ0) is 17.4. The molecule has 2 aliphatic rings. The van der Waals surface area contributed by atoms with Gasteiger partial charge in [0.15, 0.2) is 5.82 Å². The van der Waals surface area contributed by atoms with Crippen molar-refractivity contribution >= 4 is 5.91 Å². The van der Waals surface area contributed by atoms with Crippen LogP contribution in [0, 0.1) is 18.7 Å². The first-order valence-corrected chi connectivity index (χ1v) is 8.54. The smallest absolute Gasteiger partial charge is 0.229 e. The van der Waals surface area contributed by atoms with Crippen LogP contribution in [0.15, 0.2) is 28.8 Å². The minimum atomic E-state index is -0.332. The Kier molecular flexibility index (Phi) is 4.25. The molecule has 25 heavy (non-hydrogen) atoms. The van der Waals surface area contributed by atoms with Crippen molar-refractivity contribution in [2.24, 2.45) is 5.92 Å². The second-order valence-electron chi connectivity index (χ2n) is 6.80. The molecule has 0 N–H and O–H groups in total. The predicted octanol–water partition coefficient (Wildman–Crippen LogP) is 1.92. The van der Waals surface area contributed by atoms with E-state index < -0.39 is 0 Å². The molecule has 0 bridgehead atoms. The number of fused-ring (bicyclic) bond motifs is 1. The van der Waals surface area contributed by atoms with E-state index in [-0.39, 0.29) is 30.4 Å². The number of aryl methyl sites for hydroxylation is 1. The van der Waals surface area contributed by atoms with Crippen molar-refractivity contribution in [2.45, 2.75) is 38.4 Å². The molecule has 132 valence electrons. The topological polar surface area (TPSA) is 68.5 Å². The number of nitrogens with zero attached hydrogens (tertiary/aromatic N) is 3. The monoisotopic (exact) mass is 345 g/mol. The van der Waals surface area contributed by atoms with Crippen LogP contribution in [-0.4, -0.2) is 46.2 Å². The molecule has 3 heterocycles. The molecule has 2 fully saturated rings. The fourth-order valence-corrected chi connectivity index (χ4v) is 3.73. The van der Waals surface area contributed by atoms with Gasteiger partial charge in [0.05, 0.1) is 25.0 Å². The summed E-state index contributed by atoms with van der Waals surface area (Å²) in [5, 5.41) is 3.79. The van der Waals surface area contributed by atoms with Gasteiger partial charge in [-0.3, -0.25) is 4.79 Å². The minimum Gasteiger partial charge on any atom is -0.372 e. The summed E-state index contributed by atoms with van der Waals surface area (Å²) in [6.07, 6.45) is 1.67. The van der Waals surface area contributed by atoms with Crippen molar-refractivity contribution in [2.75, 3.05) is 13.1 Å². The van der Waals surface area contributed by atoms with Crippen LogP contribution in [0.5, 0.6) is 0 Å². The number of carbonyl (C=O) groups excluding carboxylic acids is 1. The molecule has 4 rings (SSSR count). The van der Waals surface area contributed by atoms with Crippen molar-refractivity contribution in [3.8, 4) is 0 Å². The third kappa shape index (κ3) is 3.42. The lowest BCUT2D eigenvalue weighted by Crippen LogP contribution is -2.33. The van der Waals surface area contributed by atoms with Gasteiger partial charge in [0.25, 0.3) is 0 Å². The van der Waals surface area contributed by atoms with Crippen LogP contribution in [0.3, 0.4) is 0 Å². The maximum atomic E-state index is 13.7. The summed E-state index contributed by atoms with van der Waals surface area (Å²) in [4.78, 5) is 18.4. The van der Waals surface area contributed by atoms with Gasteiger partial charge in [-0.15, -0.1) is 0 Å². The van der Waals surface area contributed by atoms with Gasteiger partial charge in [0, 0.05) is 19.0 Å². The SMILES string of the molecule is Cc1noc(C[C@H]2C[C@H]3CN(C(=O)Cc4ccccc4F)C[C@H]3O2)n1. The molecule has 1 aromatic carbocycles. The van der Waals surface area contributed by atoms with Gasteiger partial charge < -0.3 is 14.2 Å². The maximum Gasteiger partial charge on any atom is 0.229 e.